The third-order valence-electron chi connectivity index (χ3n) is 6.53. The number of hydrogen-bond acceptors (Lipinski definition) is 7. The second kappa shape index (κ2) is 6.94. The number of pyridine rings is 2. The van der Waals surface area contributed by atoms with E-state index in [1.807, 2.05) is 23.1 Å². The quantitative estimate of drug-likeness (QED) is 0.761. The third kappa shape index (κ3) is 2.65. The van der Waals surface area contributed by atoms with Gasteiger partial charge in [0.1, 0.15) is 5.82 Å². The van der Waals surface area contributed by atoms with Crippen molar-refractivity contribution in [3.8, 4) is 0 Å². The van der Waals surface area contributed by atoms with Crippen LogP contribution in [0.5, 0.6) is 0 Å². The van der Waals surface area contributed by atoms with Crippen molar-refractivity contribution >= 4 is 29.1 Å². The first-order chi connectivity index (χ1) is 14.5. The lowest BCUT2D eigenvalue weighted by Gasteiger charge is -2.45. The molecule has 156 valence electrons. The monoisotopic (exact) mass is 408 g/mol. The van der Waals surface area contributed by atoms with E-state index in [9.17, 15) is 9.59 Å². The molecule has 2 aromatic rings. The average Bonchev–Trinajstić information content (AvgIpc) is 3.12. The van der Waals surface area contributed by atoms with Gasteiger partial charge in [0.2, 0.25) is 11.8 Å². The maximum absolute atomic E-state index is 12.9. The van der Waals surface area contributed by atoms with Gasteiger partial charge in [0.15, 0.2) is 11.4 Å². The first kappa shape index (κ1) is 18.8. The number of carbonyl (C=O) groups is 2. The average molecular weight is 408 g/mol. The van der Waals surface area contributed by atoms with E-state index >= 15 is 0 Å². The van der Waals surface area contributed by atoms with Crippen molar-refractivity contribution in [1.82, 2.24) is 9.97 Å². The first-order valence-electron chi connectivity index (χ1n) is 10.2. The summed E-state index contributed by atoms with van der Waals surface area (Å²) in [6.45, 7) is 1.98. The van der Waals surface area contributed by atoms with Gasteiger partial charge in [-0.3, -0.25) is 14.5 Å². The fraction of sp³-hybridized carbons (Fsp3) is 0.429. The van der Waals surface area contributed by atoms with Gasteiger partial charge in [0.05, 0.1) is 18.2 Å². The second-order valence-corrected chi connectivity index (χ2v) is 8.11. The van der Waals surface area contributed by atoms with Gasteiger partial charge in [-0.15, -0.1) is 0 Å². The molecule has 2 atom stereocenters. The third-order valence-corrected chi connectivity index (χ3v) is 6.53. The smallest absolute Gasteiger partial charge is 0.246 e. The summed E-state index contributed by atoms with van der Waals surface area (Å²) in [6, 6.07) is 9.46. The van der Waals surface area contributed by atoms with E-state index in [-0.39, 0.29) is 12.5 Å². The van der Waals surface area contributed by atoms with Gasteiger partial charge in [-0.1, -0.05) is 6.07 Å². The molecule has 2 saturated heterocycles. The predicted octanol–water partition coefficient (Wildman–Crippen LogP) is 0.668. The van der Waals surface area contributed by atoms with Crippen molar-refractivity contribution in [2.45, 2.75) is 24.3 Å². The van der Waals surface area contributed by atoms with E-state index in [1.54, 1.807) is 23.2 Å². The van der Waals surface area contributed by atoms with Crippen LogP contribution in [-0.4, -0.2) is 53.6 Å². The Balaban J connectivity index is 1.71. The molecular formula is C21H24N6O3. The minimum absolute atomic E-state index is 0.262. The van der Waals surface area contributed by atoms with Crippen LogP contribution in [0.4, 0.5) is 17.3 Å². The molecule has 3 aliphatic heterocycles. The molecule has 0 aliphatic carbocycles. The normalized spacial score (nSPS) is 25.8. The van der Waals surface area contributed by atoms with Crippen LogP contribution < -0.4 is 21.3 Å². The number of nitrogens with two attached hydrogens (primary N) is 2. The predicted molar refractivity (Wildman–Crippen MR) is 110 cm³/mol. The lowest BCUT2D eigenvalue weighted by Crippen LogP contribution is -2.65. The van der Waals surface area contributed by atoms with Crippen molar-refractivity contribution in [3.05, 3.63) is 42.2 Å². The molecule has 4 N–H and O–H groups in total. The molecule has 9 nitrogen and oxygen atoms in total. The van der Waals surface area contributed by atoms with Crippen LogP contribution in [0.2, 0.25) is 0 Å². The Bertz CT molecular complexity index is 993. The molecule has 1 unspecified atom stereocenters. The Morgan fingerprint density at radius 1 is 1.13 bits per heavy atom. The summed E-state index contributed by atoms with van der Waals surface area (Å²) in [5, 5.41) is 0. The number of aromatic nitrogens is 2. The van der Waals surface area contributed by atoms with Gasteiger partial charge in [-0.2, -0.15) is 0 Å². The number of ether oxygens (including phenoxy) is 1. The van der Waals surface area contributed by atoms with Crippen LogP contribution in [0.25, 0.3) is 0 Å². The molecule has 0 spiro atoms. The van der Waals surface area contributed by atoms with Crippen molar-refractivity contribution in [1.29, 1.82) is 0 Å². The highest BCUT2D eigenvalue weighted by molar-refractivity contribution is 6.02. The summed E-state index contributed by atoms with van der Waals surface area (Å²) in [4.78, 5) is 38.5. The number of carbonyl (C=O) groups excluding carboxylic acids is 2. The van der Waals surface area contributed by atoms with E-state index < -0.39 is 23.3 Å². The Morgan fingerprint density at radius 3 is 2.60 bits per heavy atom. The second-order valence-electron chi connectivity index (χ2n) is 8.11. The van der Waals surface area contributed by atoms with Crippen molar-refractivity contribution in [2.24, 2.45) is 17.4 Å². The molecule has 2 fully saturated rings. The van der Waals surface area contributed by atoms with Gasteiger partial charge >= 0.3 is 0 Å². The zero-order valence-electron chi connectivity index (χ0n) is 16.5. The fourth-order valence-electron chi connectivity index (χ4n) is 5.01. The van der Waals surface area contributed by atoms with Crippen LogP contribution in [0.3, 0.4) is 0 Å². The highest BCUT2D eigenvalue weighted by atomic mass is 16.5. The molecule has 0 saturated carbocycles. The topological polar surface area (TPSA) is 128 Å². The van der Waals surface area contributed by atoms with Crippen LogP contribution in [0.15, 0.2) is 36.5 Å². The lowest BCUT2D eigenvalue weighted by molar-refractivity contribution is -0.130. The zero-order valence-corrected chi connectivity index (χ0v) is 16.5. The minimum Gasteiger partial charge on any atom is -0.381 e. The summed E-state index contributed by atoms with van der Waals surface area (Å²) >= 11 is 0. The van der Waals surface area contributed by atoms with Crippen LogP contribution in [0.1, 0.15) is 24.5 Å². The standard InChI is InChI=1S/C21H24N6O3/c22-18(28)14-11-26-12-21(14,20(23)29)27(17-3-1-2-8-24-17)19-16(26)5-4-15(25-19)13-6-9-30-10-7-13/h1-5,8,13-14H,6-7,9-12H2,(H2,22,28)(H2,23,29)/t14?,21-/m1/s1. The fourth-order valence-corrected chi connectivity index (χ4v) is 5.01. The van der Waals surface area contributed by atoms with Crippen molar-refractivity contribution in [3.63, 3.8) is 0 Å². The number of amides is 2. The molecule has 0 radical (unpaired) electrons. The van der Waals surface area contributed by atoms with Crippen molar-refractivity contribution < 1.29 is 14.3 Å². The van der Waals surface area contributed by atoms with Gasteiger partial charge < -0.3 is 21.1 Å². The van der Waals surface area contributed by atoms with Gasteiger partial charge in [-0.05, 0) is 37.1 Å². The largest absolute Gasteiger partial charge is 0.381 e. The van der Waals surface area contributed by atoms with E-state index in [0.717, 1.165) is 24.2 Å². The van der Waals surface area contributed by atoms with E-state index in [4.69, 9.17) is 21.2 Å². The highest BCUT2D eigenvalue weighted by Gasteiger charge is 2.62. The Kier molecular flexibility index (Phi) is 4.35. The summed E-state index contributed by atoms with van der Waals surface area (Å²) in [6.07, 6.45) is 3.43. The summed E-state index contributed by atoms with van der Waals surface area (Å²) in [5.74, 6) is -0.565. The molecule has 9 heteroatoms. The van der Waals surface area contributed by atoms with Crippen LogP contribution in [0, 0.1) is 5.92 Å². The van der Waals surface area contributed by atoms with E-state index in [1.165, 1.54) is 0 Å². The van der Waals surface area contributed by atoms with Crippen LogP contribution in [-0.2, 0) is 14.3 Å². The summed E-state index contributed by atoms with van der Waals surface area (Å²) in [5.41, 5.74) is 12.1. The van der Waals surface area contributed by atoms with E-state index in [2.05, 4.69) is 4.98 Å². The molecule has 0 aromatic carbocycles. The van der Waals surface area contributed by atoms with Crippen molar-refractivity contribution in [2.75, 3.05) is 36.1 Å². The molecule has 5 heterocycles. The number of rotatable bonds is 4. The number of primary amides is 2. The highest BCUT2D eigenvalue weighted by Crippen LogP contribution is 2.50. The summed E-state index contributed by atoms with van der Waals surface area (Å²) in [7, 11) is 0. The SMILES string of the molecule is NC(=O)C1CN2C[C@@]1(C(N)=O)N(c1ccccn1)c1nc(C3CCOCC3)ccc12. The van der Waals surface area contributed by atoms with Gasteiger partial charge in [0.25, 0.3) is 0 Å². The lowest BCUT2D eigenvalue weighted by atomic mass is 9.83. The maximum atomic E-state index is 12.9. The Labute approximate surface area is 174 Å². The zero-order chi connectivity index (χ0) is 20.9. The first-order valence-corrected chi connectivity index (χ1v) is 10.2. The molecule has 2 aromatic heterocycles. The van der Waals surface area contributed by atoms with Crippen LogP contribution >= 0.6 is 0 Å². The molecule has 3 aliphatic rings. The number of anilines is 3. The molecule has 2 amide bonds. The maximum Gasteiger partial charge on any atom is 0.246 e. The number of nitrogens with zero attached hydrogens (tertiary/aromatic N) is 4. The Hall–Kier alpha value is -3.20. The molecule has 30 heavy (non-hydrogen) atoms. The molecule has 2 bridgehead atoms. The molecular weight excluding hydrogens is 384 g/mol. The number of hydrogen-bond donors (Lipinski definition) is 2. The molecule has 5 rings (SSSR count). The van der Waals surface area contributed by atoms with Gasteiger partial charge in [0, 0.05) is 37.6 Å². The van der Waals surface area contributed by atoms with Gasteiger partial charge in [-0.25, -0.2) is 9.97 Å². The Morgan fingerprint density at radius 2 is 1.93 bits per heavy atom. The minimum atomic E-state index is -1.34. The summed E-state index contributed by atoms with van der Waals surface area (Å²) < 4.78 is 5.49. The number of fused-ring (bicyclic) bond motifs is 4. The van der Waals surface area contributed by atoms with E-state index in [0.29, 0.717) is 31.4 Å².